The zero-order valence-corrected chi connectivity index (χ0v) is 18.1. The van der Waals surface area contributed by atoms with Gasteiger partial charge in [0.2, 0.25) is 16.0 Å². The number of fused-ring (bicyclic) bond motifs is 1. The van der Waals surface area contributed by atoms with Crippen LogP contribution < -0.4 is 16.6 Å². The van der Waals surface area contributed by atoms with Crippen LogP contribution in [0.2, 0.25) is 0 Å². The summed E-state index contributed by atoms with van der Waals surface area (Å²) in [5, 5.41) is 3.98. The van der Waals surface area contributed by atoms with Crippen LogP contribution >= 0.6 is 0 Å². The van der Waals surface area contributed by atoms with Gasteiger partial charge in [0.1, 0.15) is 0 Å². The van der Waals surface area contributed by atoms with Gasteiger partial charge in [-0.3, -0.25) is 9.36 Å². The van der Waals surface area contributed by atoms with Gasteiger partial charge in [-0.05, 0) is 44.8 Å². The van der Waals surface area contributed by atoms with Crippen LogP contribution in [0.3, 0.4) is 0 Å². The zero-order chi connectivity index (χ0) is 21.6. The number of rotatable bonds is 5. The van der Waals surface area contributed by atoms with Gasteiger partial charge in [0.25, 0.3) is 5.56 Å². The maximum atomic E-state index is 12.8. The molecule has 2 heterocycles. The van der Waals surface area contributed by atoms with Crippen LogP contribution in [0.5, 0.6) is 0 Å². The van der Waals surface area contributed by atoms with Gasteiger partial charge in [0.15, 0.2) is 5.65 Å². The van der Waals surface area contributed by atoms with Crippen molar-refractivity contribution < 1.29 is 8.42 Å². The molecule has 10 heteroatoms. The Balaban J connectivity index is 1.58. The van der Waals surface area contributed by atoms with E-state index in [1.54, 1.807) is 24.7 Å². The SMILES string of the molecule is Cc1c(N)c2cnc(NC3CCC(N(C)S(C)(=O)=O)CC3)nc2n(C2=CC=C2)c1=O. The average Bonchev–Trinajstić information content (AvgIpc) is 2.67. The summed E-state index contributed by atoms with van der Waals surface area (Å²) in [4.78, 5) is 21.8. The van der Waals surface area contributed by atoms with E-state index in [-0.39, 0.29) is 17.6 Å². The van der Waals surface area contributed by atoms with Crippen molar-refractivity contribution in [2.24, 2.45) is 0 Å². The van der Waals surface area contributed by atoms with Crippen molar-refractivity contribution in [2.75, 3.05) is 24.4 Å². The summed E-state index contributed by atoms with van der Waals surface area (Å²) >= 11 is 0. The van der Waals surface area contributed by atoms with Gasteiger partial charge < -0.3 is 11.1 Å². The minimum absolute atomic E-state index is 0.0147. The molecule has 0 aliphatic heterocycles. The number of sulfonamides is 1. The van der Waals surface area contributed by atoms with Crippen molar-refractivity contribution in [3.63, 3.8) is 0 Å². The molecule has 160 valence electrons. The number of aromatic nitrogens is 3. The third-order valence-electron chi connectivity index (χ3n) is 6.06. The highest BCUT2D eigenvalue weighted by Crippen LogP contribution is 2.28. The number of pyridine rings is 1. The molecule has 0 atom stereocenters. The highest BCUT2D eigenvalue weighted by Gasteiger charge is 2.28. The lowest BCUT2D eigenvalue weighted by molar-refractivity contribution is 0.276. The highest BCUT2D eigenvalue weighted by atomic mass is 32.2. The zero-order valence-electron chi connectivity index (χ0n) is 17.3. The molecule has 2 aliphatic carbocycles. The molecule has 2 aromatic heterocycles. The summed E-state index contributed by atoms with van der Waals surface area (Å²) in [6.45, 7) is 1.70. The molecule has 30 heavy (non-hydrogen) atoms. The van der Waals surface area contributed by atoms with Gasteiger partial charge >= 0.3 is 0 Å². The molecule has 0 aromatic carbocycles. The fourth-order valence-corrected chi connectivity index (χ4v) is 4.74. The lowest BCUT2D eigenvalue weighted by Crippen LogP contribution is -2.41. The molecule has 9 nitrogen and oxygen atoms in total. The van der Waals surface area contributed by atoms with Crippen molar-refractivity contribution in [2.45, 2.75) is 44.7 Å². The van der Waals surface area contributed by atoms with E-state index in [1.165, 1.54) is 10.6 Å². The second-order valence-electron chi connectivity index (χ2n) is 7.99. The number of hydrogen-bond acceptors (Lipinski definition) is 7. The third-order valence-corrected chi connectivity index (χ3v) is 7.40. The topological polar surface area (TPSA) is 123 Å². The molecule has 0 unspecified atom stereocenters. The second-order valence-corrected chi connectivity index (χ2v) is 10.0. The van der Waals surface area contributed by atoms with Gasteiger partial charge in [-0.25, -0.2) is 17.7 Å². The van der Waals surface area contributed by atoms with Gasteiger partial charge in [0, 0.05) is 30.9 Å². The summed E-state index contributed by atoms with van der Waals surface area (Å²) in [7, 11) is -1.56. The molecule has 1 saturated carbocycles. The summed E-state index contributed by atoms with van der Waals surface area (Å²) in [6, 6.07) is 0.151. The molecular weight excluding hydrogens is 404 g/mol. The van der Waals surface area contributed by atoms with Crippen molar-refractivity contribution in [3.8, 4) is 0 Å². The van der Waals surface area contributed by atoms with Crippen molar-refractivity contribution >= 4 is 38.4 Å². The summed E-state index contributed by atoms with van der Waals surface area (Å²) < 4.78 is 26.6. The van der Waals surface area contributed by atoms with E-state index in [9.17, 15) is 13.2 Å². The van der Waals surface area contributed by atoms with E-state index in [0.717, 1.165) is 31.4 Å². The first-order valence-electron chi connectivity index (χ1n) is 9.93. The maximum Gasteiger partial charge on any atom is 0.261 e. The Bertz CT molecular complexity index is 1220. The second kappa shape index (κ2) is 7.51. The van der Waals surface area contributed by atoms with Crippen molar-refractivity contribution in [1.82, 2.24) is 18.8 Å². The smallest absolute Gasteiger partial charge is 0.261 e. The van der Waals surface area contributed by atoms with Gasteiger partial charge in [-0.2, -0.15) is 4.98 Å². The third kappa shape index (κ3) is 3.61. The van der Waals surface area contributed by atoms with Crippen LogP contribution in [0.4, 0.5) is 11.6 Å². The number of allylic oxidation sites excluding steroid dienone is 4. The molecule has 2 aromatic rings. The number of nitrogens with two attached hydrogens (primary N) is 1. The van der Waals surface area contributed by atoms with E-state index in [1.807, 2.05) is 18.2 Å². The van der Waals surface area contributed by atoms with Gasteiger partial charge in [-0.15, -0.1) is 0 Å². The van der Waals surface area contributed by atoms with Crippen molar-refractivity contribution in [1.29, 1.82) is 0 Å². The molecule has 4 rings (SSSR count). The Morgan fingerprint density at radius 3 is 2.50 bits per heavy atom. The fourth-order valence-electron chi connectivity index (χ4n) is 3.99. The average molecular weight is 431 g/mol. The van der Waals surface area contributed by atoms with E-state index in [4.69, 9.17) is 5.73 Å². The standard InChI is InChI=1S/C20H26N6O3S/c1-12-17(21)16-11-22-20(24-18(16)26(19(12)27)15-5-4-6-15)23-13-7-9-14(10-8-13)25(2)30(3,28)29/h4-6,11,13-14H,7-10,21H2,1-3H3,(H,22,23,24). The number of anilines is 2. The summed E-state index contributed by atoms with van der Waals surface area (Å²) in [5.41, 5.74) is 8.07. The molecule has 2 aliphatic rings. The fraction of sp³-hybridized carbons (Fsp3) is 0.450. The molecule has 0 spiro atoms. The molecule has 0 saturated heterocycles. The van der Waals surface area contributed by atoms with E-state index < -0.39 is 10.0 Å². The molecule has 0 amide bonds. The molecule has 0 bridgehead atoms. The predicted octanol–water partition coefficient (Wildman–Crippen LogP) is 1.71. The first-order chi connectivity index (χ1) is 14.2. The Morgan fingerprint density at radius 2 is 1.93 bits per heavy atom. The Morgan fingerprint density at radius 1 is 1.27 bits per heavy atom. The lowest BCUT2D eigenvalue weighted by atomic mass is 9.91. The Labute approximate surface area is 175 Å². The van der Waals surface area contributed by atoms with Crippen LogP contribution in [-0.4, -0.2) is 52.6 Å². The molecular formula is C20H26N6O3S. The van der Waals surface area contributed by atoms with Crippen molar-refractivity contribution in [3.05, 3.63) is 40.3 Å². The summed E-state index contributed by atoms with van der Waals surface area (Å²) in [6.07, 6.45) is 11.6. The highest BCUT2D eigenvalue weighted by molar-refractivity contribution is 7.88. The Hall–Kier alpha value is -2.72. The number of nitrogens with zero attached hydrogens (tertiary/aromatic N) is 4. The monoisotopic (exact) mass is 430 g/mol. The molecule has 1 fully saturated rings. The quantitative estimate of drug-likeness (QED) is 0.740. The molecule has 3 N–H and O–H groups in total. The minimum Gasteiger partial charge on any atom is -0.398 e. The van der Waals surface area contributed by atoms with Crippen LogP contribution in [0.15, 0.2) is 29.2 Å². The largest absolute Gasteiger partial charge is 0.398 e. The van der Waals surface area contributed by atoms with Gasteiger partial charge in [0.05, 0.1) is 23.0 Å². The van der Waals surface area contributed by atoms with Crippen LogP contribution in [0.1, 0.15) is 31.2 Å². The van der Waals surface area contributed by atoms with E-state index in [2.05, 4.69) is 15.3 Å². The lowest BCUT2D eigenvalue weighted by Gasteiger charge is -2.33. The summed E-state index contributed by atoms with van der Waals surface area (Å²) in [5.74, 6) is 0.433. The van der Waals surface area contributed by atoms with E-state index in [0.29, 0.717) is 28.2 Å². The predicted molar refractivity (Wildman–Crippen MR) is 119 cm³/mol. The maximum absolute atomic E-state index is 12.8. The minimum atomic E-state index is -3.19. The van der Waals surface area contributed by atoms with Crippen LogP contribution in [0, 0.1) is 6.92 Å². The van der Waals surface area contributed by atoms with Crippen LogP contribution in [0.25, 0.3) is 16.7 Å². The number of hydrogen-bond donors (Lipinski definition) is 2. The first-order valence-corrected chi connectivity index (χ1v) is 11.8. The van der Waals surface area contributed by atoms with Crippen LogP contribution in [-0.2, 0) is 10.0 Å². The Kier molecular flexibility index (Phi) is 5.15. The first kappa shape index (κ1) is 20.5. The number of nitrogens with one attached hydrogen (secondary N) is 1. The van der Waals surface area contributed by atoms with Gasteiger partial charge in [-0.1, -0.05) is 6.08 Å². The van der Waals surface area contributed by atoms with E-state index >= 15 is 0 Å². The normalized spacial score (nSPS) is 21.5. The number of nitrogen functional groups attached to an aromatic ring is 1. The molecule has 0 radical (unpaired) electrons.